The summed E-state index contributed by atoms with van der Waals surface area (Å²) in [5.74, 6) is 0.0851. The van der Waals surface area contributed by atoms with Gasteiger partial charge in [0.05, 0.1) is 0 Å². The first-order chi connectivity index (χ1) is 11.9. The molecule has 25 heavy (non-hydrogen) atoms. The lowest BCUT2D eigenvalue weighted by Gasteiger charge is -2.59. The second-order valence-corrected chi connectivity index (χ2v) is 8.51. The summed E-state index contributed by atoms with van der Waals surface area (Å²) in [6.45, 7) is 8.24. The van der Waals surface area contributed by atoms with Gasteiger partial charge in [-0.3, -0.25) is 4.79 Å². The molecule has 0 amide bonds. The van der Waals surface area contributed by atoms with Gasteiger partial charge in [-0.05, 0) is 44.4 Å². The quantitative estimate of drug-likeness (QED) is 0.571. The van der Waals surface area contributed by atoms with Crippen LogP contribution in [0.15, 0.2) is 0 Å². The zero-order chi connectivity index (χ0) is 17.8. The van der Waals surface area contributed by atoms with Gasteiger partial charge in [0, 0.05) is 24.7 Å². The van der Waals surface area contributed by atoms with Crippen LogP contribution in [0.4, 0.5) is 0 Å². The normalized spacial score (nSPS) is 51.5. The fourth-order valence-electron chi connectivity index (χ4n) is 5.40. The van der Waals surface area contributed by atoms with Gasteiger partial charge in [0.2, 0.25) is 12.1 Å². The Morgan fingerprint density at radius 1 is 1.16 bits per heavy atom. The minimum absolute atomic E-state index is 0.0433. The Morgan fingerprint density at radius 2 is 1.96 bits per heavy atom. The summed E-state index contributed by atoms with van der Waals surface area (Å²) < 4.78 is 18.1. The van der Waals surface area contributed by atoms with Crippen molar-refractivity contribution in [2.45, 2.75) is 90.2 Å². The molecule has 5 fully saturated rings. The summed E-state index contributed by atoms with van der Waals surface area (Å²) in [5, 5.41) is 0. The van der Waals surface area contributed by atoms with E-state index in [0.29, 0.717) is 18.3 Å². The summed E-state index contributed by atoms with van der Waals surface area (Å²) in [7, 11) is 0. The van der Waals surface area contributed by atoms with Crippen LogP contribution in [0.1, 0.15) is 66.2 Å². The molecule has 4 saturated heterocycles. The first-order valence-corrected chi connectivity index (χ1v) is 9.79. The smallest absolute Gasteiger partial charge is 0.308 e. The predicted molar refractivity (Wildman–Crippen MR) is 87.8 cm³/mol. The summed E-state index contributed by atoms with van der Waals surface area (Å²) in [6.07, 6.45) is 3.97. The second-order valence-electron chi connectivity index (χ2n) is 8.51. The maximum Gasteiger partial charge on any atom is 0.308 e. The van der Waals surface area contributed by atoms with Crippen molar-refractivity contribution in [1.29, 1.82) is 0 Å². The van der Waals surface area contributed by atoms with Crippen LogP contribution >= 0.6 is 0 Å². The second kappa shape index (κ2) is 6.19. The third kappa shape index (κ3) is 2.64. The van der Waals surface area contributed by atoms with Gasteiger partial charge in [0.15, 0.2) is 11.9 Å². The van der Waals surface area contributed by atoms with Crippen molar-refractivity contribution >= 4 is 5.97 Å². The Bertz CT molecular complexity index is 538. The largest absolute Gasteiger partial charge is 0.435 e. The summed E-state index contributed by atoms with van der Waals surface area (Å²) in [4.78, 5) is 23.9. The van der Waals surface area contributed by atoms with E-state index in [9.17, 15) is 4.79 Å². The summed E-state index contributed by atoms with van der Waals surface area (Å²) >= 11 is 0. The molecular formula is C19H30O6. The summed E-state index contributed by atoms with van der Waals surface area (Å²) in [5.41, 5.74) is -0.596. The van der Waals surface area contributed by atoms with E-state index in [-0.39, 0.29) is 17.8 Å². The lowest BCUT2D eigenvalue weighted by molar-refractivity contribution is -0.576. The molecule has 5 rings (SSSR count). The van der Waals surface area contributed by atoms with Gasteiger partial charge in [-0.2, -0.15) is 0 Å². The molecule has 1 aliphatic carbocycles. The van der Waals surface area contributed by atoms with E-state index in [1.54, 1.807) is 0 Å². The predicted octanol–water partition coefficient (Wildman–Crippen LogP) is 3.54. The van der Waals surface area contributed by atoms with Gasteiger partial charge in [-0.25, -0.2) is 9.78 Å². The van der Waals surface area contributed by atoms with Crippen LogP contribution in [-0.2, 0) is 28.8 Å². The Labute approximate surface area is 149 Å². The minimum atomic E-state index is -0.796. The molecule has 0 aromatic carbocycles. The molecule has 142 valence electrons. The lowest BCUT2D eigenvalue weighted by atomic mass is 9.58. The topological polar surface area (TPSA) is 63.2 Å². The number of hydrogen-bond donors (Lipinski definition) is 0. The number of ether oxygens (including phenoxy) is 3. The molecule has 1 spiro atoms. The summed E-state index contributed by atoms with van der Waals surface area (Å²) in [6, 6.07) is 0. The molecule has 2 bridgehead atoms. The number of carbonyl (C=O) groups excluding carboxylic acids is 1. The molecule has 3 unspecified atom stereocenters. The minimum Gasteiger partial charge on any atom is -0.435 e. The molecular weight excluding hydrogens is 324 g/mol. The highest BCUT2D eigenvalue weighted by atomic mass is 17.3. The molecule has 8 atom stereocenters. The van der Waals surface area contributed by atoms with Crippen LogP contribution in [0, 0.1) is 23.7 Å². The number of hydrogen-bond acceptors (Lipinski definition) is 6. The van der Waals surface area contributed by atoms with Crippen LogP contribution in [-0.4, -0.2) is 29.9 Å². The van der Waals surface area contributed by atoms with E-state index in [2.05, 4.69) is 13.8 Å². The lowest BCUT2D eigenvalue weighted by Crippen LogP contribution is -2.70. The van der Waals surface area contributed by atoms with Crippen molar-refractivity contribution in [3.63, 3.8) is 0 Å². The first-order valence-electron chi connectivity index (χ1n) is 9.79. The molecule has 0 aromatic rings. The Morgan fingerprint density at radius 3 is 2.72 bits per heavy atom. The van der Waals surface area contributed by atoms with Crippen molar-refractivity contribution in [3.8, 4) is 0 Å². The van der Waals surface area contributed by atoms with Crippen molar-refractivity contribution in [3.05, 3.63) is 0 Å². The van der Waals surface area contributed by atoms with Gasteiger partial charge in [0.1, 0.15) is 0 Å². The number of carbonyl (C=O) groups is 1. The maximum absolute atomic E-state index is 12.0. The number of esters is 1. The van der Waals surface area contributed by atoms with E-state index in [1.165, 1.54) is 0 Å². The Balaban J connectivity index is 1.66. The highest BCUT2D eigenvalue weighted by Crippen LogP contribution is 2.60. The molecule has 0 aromatic heterocycles. The van der Waals surface area contributed by atoms with Crippen molar-refractivity contribution in [2.24, 2.45) is 23.7 Å². The molecule has 4 aliphatic heterocycles. The zero-order valence-electron chi connectivity index (χ0n) is 15.7. The van der Waals surface area contributed by atoms with Crippen LogP contribution in [0.25, 0.3) is 0 Å². The van der Waals surface area contributed by atoms with E-state index < -0.39 is 24.0 Å². The molecule has 0 N–H and O–H groups in total. The van der Waals surface area contributed by atoms with E-state index >= 15 is 0 Å². The average Bonchev–Trinajstić information content (AvgIpc) is 2.79. The molecule has 6 heteroatoms. The van der Waals surface area contributed by atoms with Crippen LogP contribution in [0.5, 0.6) is 0 Å². The van der Waals surface area contributed by atoms with Crippen LogP contribution in [0.3, 0.4) is 0 Å². The highest BCUT2D eigenvalue weighted by molar-refractivity contribution is 5.69. The van der Waals surface area contributed by atoms with Crippen LogP contribution < -0.4 is 0 Å². The maximum atomic E-state index is 12.0. The van der Waals surface area contributed by atoms with Gasteiger partial charge < -0.3 is 14.2 Å². The van der Waals surface area contributed by atoms with Gasteiger partial charge >= 0.3 is 5.97 Å². The number of rotatable bonds is 3. The standard InChI is InChI=1S/C19H30O6/c1-5-6-15(20)21-16-12(3)14-8-7-11(2)13-9-10-18(4)23-17(22-16)19(13,14)25-24-18/h11-14,16-17H,5-10H2,1-4H3/t11-,12-,13?,14?,16+,17-,18?,19-/m1/s1. The van der Waals surface area contributed by atoms with Crippen molar-refractivity contribution in [1.82, 2.24) is 0 Å². The molecule has 6 nitrogen and oxygen atoms in total. The highest BCUT2D eigenvalue weighted by Gasteiger charge is 2.69. The fourth-order valence-corrected chi connectivity index (χ4v) is 5.40. The SMILES string of the molecule is CCCC(=O)O[C@H]1O[C@@H]2OC3(C)CCC4[C@H](C)CCC([C@H]1C)[C@]42OO3. The Kier molecular flexibility index (Phi) is 4.38. The van der Waals surface area contributed by atoms with Gasteiger partial charge in [-0.1, -0.05) is 20.8 Å². The van der Waals surface area contributed by atoms with E-state index in [0.717, 1.165) is 32.1 Å². The Hall–Kier alpha value is -0.690. The molecule has 5 aliphatic rings. The van der Waals surface area contributed by atoms with E-state index in [4.69, 9.17) is 24.0 Å². The molecule has 4 heterocycles. The van der Waals surface area contributed by atoms with Crippen molar-refractivity contribution < 1.29 is 28.8 Å². The third-order valence-corrected chi connectivity index (χ3v) is 6.80. The average molecular weight is 354 g/mol. The zero-order valence-corrected chi connectivity index (χ0v) is 15.7. The van der Waals surface area contributed by atoms with Crippen LogP contribution in [0.2, 0.25) is 0 Å². The third-order valence-electron chi connectivity index (χ3n) is 6.80. The van der Waals surface area contributed by atoms with E-state index in [1.807, 2.05) is 13.8 Å². The van der Waals surface area contributed by atoms with Gasteiger partial charge in [-0.15, -0.1) is 0 Å². The van der Waals surface area contributed by atoms with Crippen molar-refractivity contribution in [2.75, 3.05) is 0 Å². The molecule has 1 saturated carbocycles. The fraction of sp³-hybridized carbons (Fsp3) is 0.947. The first kappa shape index (κ1) is 17.7. The van der Waals surface area contributed by atoms with Gasteiger partial charge in [0.25, 0.3) is 0 Å². The monoisotopic (exact) mass is 354 g/mol. The number of fused-ring (bicyclic) bond motifs is 2. The molecule has 0 radical (unpaired) electrons.